The SMILES string of the molecule is CCc1ccc(Nc2nccc(NCc3ccccc3)n2)cc1. The number of hydrogen-bond acceptors (Lipinski definition) is 4. The van der Waals surface area contributed by atoms with Crippen molar-refractivity contribution in [3.63, 3.8) is 0 Å². The van der Waals surface area contributed by atoms with Crippen molar-refractivity contribution in [2.24, 2.45) is 0 Å². The van der Waals surface area contributed by atoms with Crippen LogP contribution in [0.4, 0.5) is 17.5 Å². The maximum atomic E-state index is 4.49. The van der Waals surface area contributed by atoms with Crippen molar-refractivity contribution < 1.29 is 0 Å². The lowest BCUT2D eigenvalue weighted by Gasteiger charge is -2.09. The Morgan fingerprint density at radius 2 is 1.65 bits per heavy atom. The van der Waals surface area contributed by atoms with Gasteiger partial charge in [-0.15, -0.1) is 0 Å². The molecule has 1 aromatic heterocycles. The van der Waals surface area contributed by atoms with E-state index in [4.69, 9.17) is 0 Å². The van der Waals surface area contributed by atoms with Gasteiger partial charge in [-0.25, -0.2) is 4.98 Å². The molecule has 4 heteroatoms. The van der Waals surface area contributed by atoms with E-state index in [0.717, 1.165) is 24.5 Å². The van der Waals surface area contributed by atoms with Crippen LogP contribution in [-0.2, 0) is 13.0 Å². The predicted octanol–water partition coefficient (Wildman–Crippen LogP) is 4.39. The van der Waals surface area contributed by atoms with Gasteiger partial charge in [0, 0.05) is 18.4 Å². The number of aromatic nitrogens is 2. The second-order valence-electron chi connectivity index (χ2n) is 5.28. The third-order valence-electron chi connectivity index (χ3n) is 3.59. The molecule has 0 aliphatic carbocycles. The number of nitrogens with zero attached hydrogens (tertiary/aromatic N) is 2. The lowest BCUT2D eigenvalue weighted by Crippen LogP contribution is -2.04. The van der Waals surface area contributed by atoms with Crippen molar-refractivity contribution in [1.29, 1.82) is 0 Å². The van der Waals surface area contributed by atoms with Crippen molar-refractivity contribution in [3.05, 3.63) is 78.0 Å². The summed E-state index contributed by atoms with van der Waals surface area (Å²) in [5, 5.41) is 6.55. The minimum Gasteiger partial charge on any atom is -0.366 e. The lowest BCUT2D eigenvalue weighted by molar-refractivity contribution is 1.08. The first kappa shape index (κ1) is 15.0. The molecule has 0 aliphatic rings. The van der Waals surface area contributed by atoms with Gasteiger partial charge in [-0.05, 0) is 35.7 Å². The van der Waals surface area contributed by atoms with E-state index < -0.39 is 0 Å². The van der Waals surface area contributed by atoms with Gasteiger partial charge in [0.2, 0.25) is 5.95 Å². The molecule has 0 unspecified atom stereocenters. The summed E-state index contributed by atoms with van der Waals surface area (Å²) in [6, 6.07) is 20.4. The van der Waals surface area contributed by atoms with E-state index in [-0.39, 0.29) is 0 Å². The molecule has 0 atom stereocenters. The first-order valence-electron chi connectivity index (χ1n) is 7.80. The van der Waals surface area contributed by atoms with Gasteiger partial charge < -0.3 is 10.6 Å². The van der Waals surface area contributed by atoms with Crippen LogP contribution >= 0.6 is 0 Å². The summed E-state index contributed by atoms with van der Waals surface area (Å²) in [6.07, 6.45) is 2.79. The summed E-state index contributed by atoms with van der Waals surface area (Å²) in [5.41, 5.74) is 3.52. The number of hydrogen-bond donors (Lipinski definition) is 2. The zero-order valence-electron chi connectivity index (χ0n) is 13.2. The zero-order valence-corrected chi connectivity index (χ0v) is 13.2. The molecule has 0 bridgehead atoms. The van der Waals surface area contributed by atoms with Crippen molar-refractivity contribution in [1.82, 2.24) is 9.97 Å². The molecule has 23 heavy (non-hydrogen) atoms. The van der Waals surface area contributed by atoms with Gasteiger partial charge in [-0.3, -0.25) is 0 Å². The molecule has 2 N–H and O–H groups in total. The molecule has 0 spiro atoms. The van der Waals surface area contributed by atoms with Crippen molar-refractivity contribution in [2.75, 3.05) is 10.6 Å². The van der Waals surface area contributed by atoms with E-state index in [0.29, 0.717) is 5.95 Å². The summed E-state index contributed by atoms with van der Waals surface area (Å²) >= 11 is 0. The summed E-state index contributed by atoms with van der Waals surface area (Å²) in [5.74, 6) is 1.39. The highest BCUT2D eigenvalue weighted by molar-refractivity contribution is 5.55. The molecule has 0 saturated heterocycles. The molecular weight excluding hydrogens is 284 g/mol. The van der Waals surface area contributed by atoms with Crippen molar-refractivity contribution in [3.8, 4) is 0 Å². The van der Waals surface area contributed by atoms with Crippen LogP contribution < -0.4 is 10.6 Å². The maximum absolute atomic E-state index is 4.49. The van der Waals surface area contributed by atoms with Gasteiger partial charge in [-0.2, -0.15) is 4.98 Å². The molecule has 0 fully saturated rings. The van der Waals surface area contributed by atoms with Crippen LogP contribution in [0, 0.1) is 0 Å². The van der Waals surface area contributed by atoms with Crippen LogP contribution in [0.3, 0.4) is 0 Å². The second-order valence-corrected chi connectivity index (χ2v) is 5.28. The Kier molecular flexibility index (Phi) is 4.84. The zero-order chi connectivity index (χ0) is 15.9. The summed E-state index contributed by atoms with van der Waals surface area (Å²) in [4.78, 5) is 8.76. The van der Waals surface area contributed by atoms with E-state index in [2.05, 4.69) is 51.8 Å². The largest absolute Gasteiger partial charge is 0.366 e. The average molecular weight is 304 g/mol. The van der Waals surface area contributed by atoms with Crippen LogP contribution in [0.5, 0.6) is 0 Å². The summed E-state index contributed by atoms with van der Waals surface area (Å²) in [6.45, 7) is 2.88. The summed E-state index contributed by atoms with van der Waals surface area (Å²) in [7, 11) is 0. The van der Waals surface area contributed by atoms with E-state index in [1.807, 2.05) is 36.4 Å². The predicted molar refractivity (Wildman–Crippen MR) is 94.9 cm³/mol. The van der Waals surface area contributed by atoms with Crippen LogP contribution in [0.25, 0.3) is 0 Å². The van der Waals surface area contributed by atoms with E-state index >= 15 is 0 Å². The Bertz CT molecular complexity index is 739. The monoisotopic (exact) mass is 304 g/mol. The molecule has 0 amide bonds. The van der Waals surface area contributed by atoms with Crippen LogP contribution in [0.15, 0.2) is 66.9 Å². The highest BCUT2D eigenvalue weighted by Crippen LogP contribution is 2.15. The van der Waals surface area contributed by atoms with Gasteiger partial charge in [0.25, 0.3) is 0 Å². The number of nitrogens with one attached hydrogen (secondary N) is 2. The third-order valence-corrected chi connectivity index (χ3v) is 3.59. The van der Waals surface area contributed by atoms with Gasteiger partial charge in [-0.1, -0.05) is 49.4 Å². The average Bonchev–Trinajstić information content (AvgIpc) is 2.62. The Morgan fingerprint density at radius 1 is 0.870 bits per heavy atom. The first-order valence-corrected chi connectivity index (χ1v) is 7.80. The molecule has 0 saturated carbocycles. The number of aryl methyl sites for hydroxylation is 1. The fourth-order valence-electron chi connectivity index (χ4n) is 2.26. The molecule has 1 heterocycles. The lowest BCUT2D eigenvalue weighted by atomic mass is 10.1. The van der Waals surface area contributed by atoms with Gasteiger partial charge in [0.15, 0.2) is 0 Å². The standard InChI is InChI=1S/C19H20N4/c1-2-15-8-10-17(11-9-15)22-19-20-13-12-18(23-19)21-14-16-6-4-3-5-7-16/h3-13H,2,14H2,1H3,(H2,20,21,22,23). The fourth-order valence-corrected chi connectivity index (χ4v) is 2.26. The minimum atomic E-state index is 0.590. The fraction of sp³-hybridized carbons (Fsp3) is 0.158. The van der Waals surface area contributed by atoms with E-state index in [1.165, 1.54) is 11.1 Å². The molecule has 2 aromatic carbocycles. The quantitative estimate of drug-likeness (QED) is 0.709. The minimum absolute atomic E-state index is 0.590. The summed E-state index contributed by atoms with van der Waals surface area (Å²) < 4.78 is 0. The van der Waals surface area contributed by atoms with Gasteiger partial charge in [0.05, 0.1) is 0 Å². The highest BCUT2D eigenvalue weighted by Gasteiger charge is 2.01. The normalized spacial score (nSPS) is 10.3. The Labute approximate surface area is 136 Å². The van der Waals surface area contributed by atoms with Crippen LogP contribution in [-0.4, -0.2) is 9.97 Å². The van der Waals surface area contributed by atoms with E-state index in [9.17, 15) is 0 Å². The van der Waals surface area contributed by atoms with E-state index in [1.54, 1.807) is 6.20 Å². The number of rotatable bonds is 6. The maximum Gasteiger partial charge on any atom is 0.229 e. The van der Waals surface area contributed by atoms with Gasteiger partial charge in [0.1, 0.15) is 5.82 Å². The van der Waals surface area contributed by atoms with Crippen molar-refractivity contribution >= 4 is 17.5 Å². The molecule has 3 aromatic rings. The molecule has 0 radical (unpaired) electrons. The topological polar surface area (TPSA) is 49.8 Å². The third kappa shape index (κ3) is 4.30. The molecule has 0 aliphatic heterocycles. The molecular formula is C19H20N4. The second kappa shape index (κ2) is 7.40. The van der Waals surface area contributed by atoms with Crippen LogP contribution in [0.1, 0.15) is 18.1 Å². The highest BCUT2D eigenvalue weighted by atomic mass is 15.1. The molecule has 4 nitrogen and oxygen atoms in total. The molecule has 3 rings (SSSR count). The van der Waals surface area contributed by atoms with Gasteiger partial charge >= 0.3 is 0 Å². The van der Waals surface area contributed by atoms with Crippen LogP contribution in [0.2, 0.25) is 0 Å². The van der Waals surface area contributed by atoms with Crippen molar-refractivity contribution in [2.45, 2.75) is 19.9 Å². The number of benzene rings is 2. The molecule has 116 valence electrons. The smallest absolute Gasteiger partial charge is 0.229 e. The Morgan fingerprint density at radius 3 is 2.39 bits per heavy atom. The Balaban J connectivity index is 1.64. The first-order chi connectivity index (χ1) is 11.3. The Hall–Kier alpha value is -2.88. The number of anilines is 3.